The van der Waals surface area contributed by atoms with Crippen LogP contribution in [0.2, 0.25) is 0 Å². The third kappa shape index (κ3) is 2.99. The van der Waals surface area contributed by atoms with E-state index in [0.717, 1.165) is 25.9 Å². The van der Waals surface area contributed by atoms with Crippen LogP contribution in [0.3, 0.4) is 0 Å². The van der Waals surface area contributed by atoms with Crippen molar-refractivity contribution in [2.24, 2.45) is 0 Å². The molecule has 1 aromatic heterocycles. The van der Waals surface area contributed by atoms with Crippen LogP contribution in [0.15, 0.2) is 18.3 Å². The van der Waals surface area contributed by atoms with Gasteiger partial charge in [-0.25, -0.2) is 4.98 Å². The molecule has 0 bridgehead atoms. The number of nitrogens with zero attached hydrogens (tertiary/aromatic N) is 3. The van der Waals surface area contributed by atoms with Gasteiger partial charge >= 0.3 is 0 Å². The van der Waals surface area contributed by atoms with E-state index in [1.165, 1.54) is 17.7 Å². The highest BCUT2D eigenvalue weighted by Crippen LogP contribution is 2.28. The smallest absolute Gasteiger partial charge is 0.266 e. The largest absolute Gasteiger partial charge is 0.480 e. The third-order valence-corrected chi connectivity index (χ3v) is 3.91. The molecule has 1 saturated heterocycles. The zero-order valence-corrected chi connectivity index (χ0v) is 12.0. The molecule has 0 aromatic carbocycles. The van der Waals surface area contributed by atoms with Gasteiger partial charge in [0, 0.05) is 19.3 Å². The summed E-state index contributed by atoms with van der Waals surface area (Å²) in [4.78, 5) is 31.9. The molecule has 0 N–H and O–H groups in total. The van der Waals surface area contributed by atoms with Gasteiger partial charge in [0.1, 0.15) is 6.54 Å². The molecular weight excluding hydrogens is 270 g/mol. The fourth-order valence-corrected chi connectivity index (χ4v) is 2.75. The molecule has 2 aliphatic rings. The Morgan fingerprint density at radius 1 is 1.24 bits per heavy atom. The van der Waals surface area contributed by atoms with Crippen LogP contribution in [0.1, 0.15) is 25.7 Å². The highest BCUT2D eigenvalue weighted by molar-refractivity contribution is 6.01. The van der Waals surface area contributed by atoms with Crippen molar-refractivity contribution in [3.63, 3.8) is 0 Å². The predicted molar refractivity (Wildman–Crippen MR) is 77.1 cm³/mol. The molecule has 2 aliphatic heterocycles. The quantitative estimate of drug-likeness (QED) is 0.821. The van der Waals surface area contributed by atoms with Crippen molar-refractivity contribution in [3.05, 3.63) is 18.3 Å². The van der Waals surface area contributed by atoms with Crippen molar-refractivity contribution in [2.75, 3.05) is 31.1 Å². The minimum atomic E-state index is -0.218. The lowest BCUT2D eigenvalue weighted by Gasteiger charge is -2.29. The van der Waals surface area contributed by atoms with Crippen molar-refractivity contribution >= 4 is 17.6 Å². The van der Waals surface area contributed by atoms with Gasteiger partial charge in [0.05, 0.1) is 0 Å². The summed E-state index contributed by atoms with van der Waals surface area (Å²) in [5.41, 5.74) is 0. The Morgan fingerprint density at radius 3 is 2.76 bits per heavy atom. The first-order chi connectivity index (χ1) is 10.3. The number of ether oxygens (including phenoxy) is 1. The molecule has 21 heavy (non-hydrogen) atoms. The highest BCUT2D eigenvalue weighted by atomic mass is 16.5. The van der Waals surface area contributed by atoms with Gasteiger partial charge in [-0.15, -0.1) is 0 Å². The molecule has 0 unspecified atom stereocenters. The normalized spacial score (nSPS) is 18.8. The first-order valence-corrected chi connectivity index (χ1v) is 7.41. The van der Waals surface area contributed by atoms with Crippen molar-refractivity contribution in [1.82, 2.24) is 9.88 Å². The van der Waals surface area contributed by atoms with Gasteiger partial charge in [-0.1, -0.05) is 12.8 Å². The standard InChI is InChI=1S/C15H19N3O3/c19-13(17-8-3-1-2-4-9-17)10-18-14(20)11-21-12-6-5-7-16-15(12)18/h5-7H,1-4,8-11H2. The second kappa shape index (κ2) is 6.11. The topological polar surface area (TPSA) is 62.7 Å². The monoisotopic (exact) mass is 289 g/mol. The molecule has 0 aliphatic carbocycles. The maximum Gasteiger partial charge on any atom is 0.266 e. The van der Waals surface area contributed by atoms with E-state index >= 15 is 0 Å². The maximum atomic E-state index is 12.4. The molecule has 0 saturated carbocycles. The lowest BCUT2D eigenvalue weighted by Crippen LogP contribution is -2.47. The number of carbonyl (C=O) groups is 2. The fourth-order valence-electron chi connectivity index (χ4n) is 2.75. The van der Waals surface area contributed by atoms with E-state index < -0.39 is 0 Å². The minimum absolute atomic E-state index is 0.0104. The highest BCUT2D eigenvalue weighted by Gasteiger charge is 2.29. The molecule has 0 radical (unpaired) electrons. The summed E-state index contributed by atoms with van der Waals surface area (Å²) >= 11 is 0. The number of anilines is 1. The van der Waals surface area contributed by atoms with Crippen molar-refractivity contribution in [3.8, 4) is 5.75 Å². The number of carbonyl (C=O) groups excluding carboxylic acids is 2. The van der Waals surface area contributed by atoms with Crippen LogP contribution in [0, 0.1) is 0 Å². The van der Waals surface area contributed by atoms with E-state index in [-0.39, 0.29) is 25.0 Å². The Balaban J connectivity index is 1.74. The van der Waals surface area contributed by atoms with Gasteiger partial charge in [-0.3, -0.25) is 14.5 Å². The van der Waals surface area contributed by atoms with Crippen molar-refractivity contribution < 1.29 is 14.3 Å². The van der Waals surface area contributed by atoms with Crippen LogP contribution < -0.4 is 9.64 Å². The number of hydrogen-bond donors (Lipinski definition) is 0. The Morgan fingerprint density at radius 2 is 2.00 bits per heavy atom. The summed E-state index contributed by atoms with van der Waals surface area (Å²) < 4.78 is 5.33. The maximum absolute atomic E-state index is 12.4. The summed E-state index contributed by atoms with van der Waals surface area (Å²) in [6.45, 7) is 1.58. The Labute approximate surface area is 123 Å². The zero-order valence-electron chi connectivity index (χ0n) is 12.0. The van der Waals surface area contributed by atoms with Crippen LogP contribution in [0.5, 0.6) is 5.75 Å². The number of fused-ring (bicyclic) bond motifs is 1. The summed E-state index contributed by atoms with van der Waals surface area (Å²) in [5.74, 6) is 0.769. The average Bonchev–Trinajstić information content (AvgIpc) is 2.79. The molecule has 1 fully saturated rings. The molecule has 3 heterocycles. The zero-order chi connectivity index (χ0) is 14.7. The van der Waals surface area contributed by atoms with Crippen LogP contribution in [0.25, 0.3) is 0 Å². The molecule has 1 aromatic rings. The lowest BCUT2D eigenvalue weighted by molar-refractivity contribution is -0.132. The SMILES string of the molecule is O=C(CN1C(=O)COc2cccnc21)N1CCCCCC1. The third-order valence-electron chi connectivity index (χ3n) is 3.91. The Kier molecular flexibility index (Phi) is 4.03. The molecule has 2 amide bonds. The number of amides is 2. The second-order valence-corrected chi connectivity index (χ2v) is 5.39. The van der Waals surface area contributed by atoms with E-state index in [0.29, 0.717) is 11.6 Å². The summed E-state index contributed by atoms with van der Waals surface area (Å²) in [7, 11) is 0. The number of aromatic nitrogens is 1. The number of hydrogen-bond acceptors (Lipinski definition) is 4. The van der Waals surface area contributed by atoms with Crippen LogP contribution in [-0.4, -0.2) is 47.9 Å². The van der Waals surface area contributed by atoms with E-state index in [2.05, 4.69) is 4.98 Å². The van der Waals surface area contributed by atoms with Crippen molar-refractivity contribution in [1.29, 1.82) is 0 Å². The van der Waals surface area contributed by atoms with Gasteiger partial charge < -0.3 is 9.64 Å². The van der Waals surface area contributed by atoms with E-state index in [9.17, 15) is 9.59 Å². The summed E-state index contributed by atoms with van der Waals surface area (Å²) in [6.07, 6.45) is 6.02. The van der Waals surface area contributed by atoms with E-state index in [1.807, 2.05) is 4.90 Å². The van der Waals surface area contributed by atoms with Crippen LogP contribution >= 0.6 is 0 Å². The van der Waals surface area contributed by atoms with Gasteiger partial charge in [0.25, 0.3) is 5.91 Å². The number of rotatable bonds is 2. The van der Waals surface area contributed by atoms with E-state index in [4.69, 9.17) is 4.74 Å². The Hall–Kier alpha value is -2.11. The van der Waals surface area contributed by atoms with Crippen LogP contribution in [0.4, 0.5) is 5.82 Å². The molecule has 0 atom stereocenters. The Bertz CT molecular complexity index is 539. The number of pyridine rings is 1. The molecule has 6 heteroatoms. The van der Waals surface area contributed by atoms with Gasteiger partial charge in [-0.2, -0.15) is 0 Å². The van der Waals surface area contributed by atoms with Gasteiger partial charge in [-0.05, 0) is 25.0 Å². The van der Waals surface area contributed by atoms with Crippen molar-refractivity contribution in [2.45, 2.75) is 25.7 Å². The molecular formula is C15H19N3O3. The average molecular weight is 289 g/mol. The minimum Gasteiger partial charge on any atom is -0.480 e. The number of likely N-dealkylation sites (tertiary alicyclic amines) is 1. The first kappa shape index (κ1) is 13.9. The molecule has 6 nitrogen and oxygen atoms in total. The second-order valence-electron chi connectivity index (χ2n) is 5.39. The fraction of sp³-hybridized carbons (Fsp3) is 0.533. The molecule has 112 valence electrons. The van der Waals surface area contributed by atoms with Gasteiger partial charge in [0.15, 0.2) is 18.2 Å². The van der Waals surface area contributed by atoms with E-state index in [1.54, 1.807) is 18.3 Å². The van der Waals surface area contributed by atoms with Gasteiger partial charge in [0.2, 0.25) is 5.91 Å². The lowest BCUT2D eigenvalue weighted by atomic mass is 10.2. The van der Waals surface area contributed by atoms with Crippen LogP contribution in [-0.2, 0) is 9.59 Å². The summed E-state index contributed by atoms with van der Waals surface area (Å²) in [6, 6.07) is 3.52. The first-order valence-electron chi connectivity index (χ1n) is 7.41. The molecule has 3 rings (SSSR count). The summed E-state index contributed by atoms with van der Waals surface area (Å²) in [5, 5.41) is 0. The predicted octanol–water partition coefficient (Wildman–Crippen LogP) is 1.21. The molecule has 0 spiro atoms.